The van der Waals surface area contributed by atoms with Gasteiger partial charge in [0.25, 0.3) is 5.91 Å². The van der Waals surface area contributed by atoms with Crippen molar-refractivity contribution in [3.63, 3.8) is 0 Å². The first-order chi connectivity index (χ1) is 15.2. The Hall–Kier alpha value is -2.42. The van der Waals surface area contributed by atoms with Crippen molar-refractivity contribution >= 4 is 40.6 Å². The molecule has 1 aliphatic heterocycles. The van der Waals surface area contributed by atoms with Crippen LogP contribution in [0.3, 0.4) is 0 Å². The monoisotopic (exact) mass is 476 g/mol. The molecule has 2 heterocycles. The van der Waals surface area contributed by atoms with Crippen LogP contribution in [0.4, 0.5) is 4.79 Å². The van der Waals surface area contributed by atoms with Crippen molar-refractivity contribution in [2.45, 2.75) is 38.8 Å². The van der Waals surface area contributed by atoms with Gasteiger partial charge < -0.3 is 15.0 Å². The van der Waals surface area contributed by atoms with Crippen molar-refractivity contribution in [3.05, 3.63) is 57.2 Å². The van der Waals surface area contributed by atoms with Gasteiger partial charge in [-0.1, -0.05) is 29.8 Å². The second-order valence-electron chi connectivity index (χ2n) is 8.63. The lowest BCUT2D eigenvalue weighted by atomic mass is 10.0. The molecule has 1 aromatic heterocycles. The zero-order valence-electron chi connectivity index (χ0n) is 18.8. The summed E-state index contributed by atoms with van der Waals surface area (Å²) in [6, 6.07) is 10.8. The normalized spacial score (nSPS) is 16.1. The standard InChI is InChI=1S/C23H29ClN4O3S/c1-23(2,3)25-22(30)27(11-12-31-4)15-21(29)28-19(16-7-9-17(24)10-8-16)14-18(26-28)20-6-5-13-32-20/h5-10,13,19H,11-12,14-15H2,1-4H3,(H,25,30)/t19-/m0/s1. The van der Waals surface area contributed by atoms with E-state index in [1.54, 1.807) is 18.4 Å². The van der Waals surface area contributed by atoms with Crippen LogP contribution in [0.25, 0.3) is 0 Å². The Kier molecular flexibility index (Phi) is 7.92. The SMILES string of the molecule is COCCN(CC(=O)N1N=C(c2cccs2)C[C@H]1c1ccc(Cl)cc1)C(=O)NC(C)(C)C. The molecule has 3 rings (SSSR count). The number of methoxy groups -OCH3 is 1. The van der Waals surface area contributed by atoms with E-state index in [1.807, 2.05) is 62.5 Å². The minimum atomic E-state index is -0.421. The number of hydrogen-bond donors (Lipinski definition) is 1. The number of hydrogen-bond acceptors (Lipinski definition) is 5. The van der Waals surface area contributed by atoms with Crippen molar-refractivity contribution < 1.29 is 14.3 Å². The Morgan fingerprint density at radius 3 is 2.59 bits per heavy atom. The minimum Gasteiger partial charge on any atom is -0.383 e. The van der Waals surface area contributed by atoms with Crippen LogP contribution >= 0.6 is 22.9 Å². The highest BCUT2D eigenvalue weighted by atomic mass is 35.5. The molecular weight excluding hydrogens is 448 g/mol. The van der Waals surface area contributed by atoms with Gasteiger partial charge in [0.15, 0.2) is 0 Å². The van der Waals surface area contributed by atoms with Gasteiger partial charge in [0.05, 0.1) is 23.2 Å². The van der Waals surface area contributed by atoms with Gasteiger partial charge >= 0.3 is 6.03 Å². The summed E-state index contributed by atoms with van der Waals surface area (Å²) in [6.45, 7) is 6.22. The summed E-state index contributed by atoms with van der Waals surface area (Å²) in [5.41, 5.74) is 1.38. The first-order valence-corrected chi connectivity index (χ1v) is 11.7. The Bertz CT molecular complexity index is 955. The lowest BCUT2D eigenvalue weighted by Gasteiger charge is -2.30. The zero-order chi connectivity index (χ0) is 23.3. The Balaban J connectivity index is 1.84. The molecule has 1 aliphatic rings. The second kappa shape index (κ2) is 10.5. The van der Waals surface area contributed by atoms with E-state index in [1.165, 1.54) is 9.91 Å². The number of halogens is 1. The number of amides is 3. The second-order valence-corrected chi connectivity index (χ2v) is 10.0. The number of benzene rings is 1. The predicted molar refractivity (Wildman–Crippen MR) is 128 cm³/mol. The fourth-order valence-electron chi connectivity index (χ4n) is 3.37. The van der Waals surface area contributed by atoms with E-state index in [9.17, 15) is 9.59 Å². The summed E-state index contributed by atoms with van der Waals surface area (Å²) in [6.07, 6.45) is 0.597. The van der Waals surface area contributed by atoms with Gasteiger partial charge in [-0.25, -0.2) is 9.80 Å². The van der Waals surface area contributed by atoms with Crippen LogP contribution in [0.15, 0.2) is 46.9 Å². The topological polar surface area (TPSA) is 74.2 Å². The maximum atomic E-state index is 13.4. The largest absolute Gasteiger partial charge is 0.383 e. The summed E-state index contributed by atoms with van der Waals surface area (Å²) in [4.78, 5) is 28.7. The number of nitrogens with zero attached hydrogens (tertiary/aromatic N) is 3. The maximum Gasteiger partial charge on any atom is 0.318 e. The van der Waals surface area contributed by atoms with Gasteiger partial charge in [-0.15, -0.1) is 11.3 Å². The van der Waals surface area contributed by atoms with E-state index < -0.39 is 5.54 Å². The molecular formula is C23H29ClN4O3S. The number of carbonyl (C=O) groups excluding carboxylic acids is 2. The molecule has 7 nitrogen and oxygen atoms in total. The maximum absolute atomic E-state index is 13.4. The predicted octanol–water partition coefficient (Wildman–Crippen LogP) is 4.54. The van der Waals surface area contributed by atoms with Gasteiger partial charge in [-0.05, 0) is 49.9 Å². The van der Waals surface area contributed by atoms with Crippen LogP contribution in [-0.2, 0) is 9.53 Å². The summed E-state index contributed by atoms with van der Waals surface area (Å²) in [7, 11) is 1.57. The number of nitrogens with one attached hydrogen (secondary N) is 1. The number of carbonyl (C=O) groups is 2. The third-order valence-corrected chi connectivity index (χ3v) is 6.06. The molecule has 0 fully saturated rings. The fraction of sp³-hybridized carbons (Fsp3) is 0.435. The van der Waals surface area contributed by atoms with Crippen molar-refractivity contribution in [3.8, 4) is 0 Å². The van der Waals surface area contributed by atoms with Gasteiger partial charge in [-0.2, -0.15) is 5.10 Å². The highest BCUT2D eigenvalue weighted by molar-refractivity contribution is 7.12. The van der Waals surface area contributed by atoms with Crippen LogP contribution in [-0.4, -0.2) is 59.9 Å². The molecule has 1 aromatic carbocycles. The lowest BCUT2D eigenvalue weighted by molar-refractivity contribution is -0.133. The molecule has 32 heavy (non-hydrogen) atoms. The molecule has 2 aromatic rings. The molecule has 0 spiro atoms. The van der Waals surface area contributed by atoms with Gasteiger partial charge in [-0.3, -0.25) is 4.79 Å². The third-order valence-electron chi connectivity index (χ3n) is 4.89. The molecule has 0 aliphatic carbocycles. The Labute approximate surface area is 198 Å². The molecule has 172 valence electrons. The Morgan fingerprint density at radius 2 is 2.00 bits per heavy atom. The number of rotatable bonds is 7. The van der Waals surface area contributed by atoms with Crippen LogP contribution in [0.2, 0.25) is 5.02 Å². The highest BCUT2D eigenvalue weighted by Gasteiger charge is 2.35. The van der Waals surface area contributed by atoms with Crippen molar-refractivity contribution in [1.82, 2.24) is 15.2 Å². The van der Waals surface area contributed by atoms with E-state index in [2.05, 4.69) is 10.4 Å². The molecule has 0 radical (unpaired) electrons. The van der Waals surface area contributed by atoms with E-state index >= 15 is 0 Å². The first kappa shape index (κ1) is 24.2. The van der Waals surface area contributed by atoms with Crippen LogP contribution in [0, 0.1) is 0 Å². The van der Waals surface area contributed by atoms with Gasteiger partial charge in [0.2, 0.25) is 0 Å². The fourth-order valence-corrected chi connectivity index (χ4v) is 4.21. The molecule has 1 N–H and O–H groups in total. The average molecular weight is 477 g/mol. The minimum absolute atomic E-state index is 0.101. The average Bonchev–Trinajstić information content (AvgIpc) is 3.40. The molecule has 9 heteroatoms. The molecule has 3 amide bonds. The molecule has 0 unspecified atom stereocenters. The van der Waals surface area contributed by atoms with E-state index in [0.29, 0.717) is 24.6 Å². The highest BCUT2D eigenvalue weighted by Crippen LogP contribution is 2.34. The summed E-state index contributed by atoms with van der Waals surface area (Å²) < 4.78 is 5.14. The van der Waals surface area contributed by atoms with Crippen LogP contribution < -0.4 is 5.32 Å². The Morgan fingerprint density at radius 1 is 1.28 bits per heavy atom. The third kappa shape index (κ3) is 6.31. The number of hydrazone groups is 1. The van der Waals surface area contributed by atoms with Crippen LogP contribution in [0.1, 0.15) is 43.7 Å². The summed E-state index contributed by atoms with van der Waals surface area (Å²) >= 11 is 7.65. The number of ether oxygens (including phenoxy) is 1. The van der Waals surface area contributed by atoms with Crippen molar-refractivity contribution in [2.75, 3.05) is 26.8 Å². The number of urea groups is 1. The molecule has 0 saturated carbocycles. The van der Waals surface area contributed by atoms with Crippen LogP contribution in [0.5, 0.6) is 0 Å². The zero-order valence-corrected chi connectivity index (χ0v) is 20.4. The quantitative estimate of drug-likeness (QED) is 0.637. The molecule has 1 atom stereocenters. The van der Waals surface area contributed by atoms with E-state index in [0.717, 1.165) is 16.2 Å². The first-order valence-electron chi connectivity index (χ1n) is 10.4. The summed E-state index contributed by atoms with van der Waals surface area (Å²) in [5, 5.41) is 11.7. The van der Waals surface area contributed by atoms with Gasteiger partial charge in [0.1, 0.15) is 6.54 Å². The van der Waals surface area contributed by atoms with E-state index in [4.69, 9.17) is 16.3 Å². The smallest absolute Gasteiger partial charge is 0.318 e. The van der Waals surface area contributed by atoms with Crippen molar-refractivity contribution in [2.24, 2.45) is 5.10 Å². The number of thiophene rings is 1. The summed E-state index contributed by atoms with van der Waals surface area (Å²) in [5.74, 6) is -0.253. The van der Waals surface area contributed by atoms with Gasteiger partial charge in [0, 0.05) is 30.6 Å². The van der Waals surface area contributed by atoms with Crippen molar-refractivity contribution in [1.29, 1.82) is 0 Å². The van der Waals surface area contributed by atoms with E-state index in [-0.39, 0.29) is 24.5 Å². The lowest BCUT2D eigenvalue weighted by Crippen LogP contribution is -2.52. The molecule has 0 bridgehead atoms. The molecule has 0 saturated heterocycles.